The number of rotatable bonds is 4. The number of benzene rings is 2. The van der Waals surface area contributed by atoms with E-state index in [1.54, 1.807) is 31.3 Å². The molecule has 2 amide bonds. The molecule has 1 aliphatic rings. The van der Waals surface area contributed by atoms with Crippen LogP contribution >= 0.6 is 11.6 Å². The minimum atomic E-state index is -0.482. The molecule has 1 fully saturated rings. The summed E-state index contributed by atoms with van der Waals surface area (Å²) in [6.45, 7) is 0. The first-order valence-corrected chi connectivity index (χ1v) is 8.33. The first-order valence-electron chi connectivity index (χ1n) is 7.95. The Bertz CT molecular complexity index is 750. The van der Waals surface area contributed by atoms with Gasteiger partial charge < -0.3 is 10.6 Å². The fourth-order valence-electron chi connectivity index (χ4n) is 3.05. The molecule has 0 heterocycles. The summed E-state index contributed by atoms with van der Waals surface area (Å²) < 4.78 is 0. The summed E-state index contributed by atoms with van der Waals surface area (Å²) in [5.41, 5.74) is 1.77. The standard InChI is InChI=1S/C19H19ClN2O2/c1-21-17(23)13-3-9-16(10-4-13)22-18(24)19(11-2-12-19)14-5-7-15(20)8-6-14/h3-10H,2,11-12H2,1H3,(H,21,23)(H,22,24). The highest BCUT2D eigenvalue weighted by Crippen LogP contribution is 2.44. The van der Waals surface area contributed by atoms with Crippen molar-refractivity contribution in [3.05, 3.63) is 64.7 Å². The predicted octanol–water partition coefficient (Wildman–Crippen LogP) is 3.76. The maximum Gasteiger partial charge on any atom is 0.251 e. The van der Waals surface area contributed by atoms with Crippen molar-refractivity contribution in [3.63, 3.8) is 0 Å². The van der Waals surface area contributed by atoms with Crippen LogP contribution in [0.3, 0.4) is 0 Å². The van der Waals surface area contributed by atoms with Crippen LogP contribution in [-0.2, 0) is 10.2 Å². The van der Waals surface area contributed by atoms with Crippen LogP contribution in [0.25, 0.3) is 0 Å². The number of anilines is 1. The monoisotopic (exact) mass is 342 g/mol. The van der Waals surface area contributed by atoms with Gasteiger partial charge in [-0.2, -0.15) is 0 Å². The molecule has 24 heavy (non-hydrogen) atoms. The molecule has 0 spiro atoms. The van der Waals surface area contributed by atoms with Gasteiger partial charge in [-0.05, 0) is 54.8 Å². The number of hydrogen-bond acceptors (Lipinski definition) is 2. The summed E-state index contributed by atoms with van der Waals surface area (Å²) in [5.74, 6) is -0.159. The maximum absolute atomic E-state index is 12.9. The third kappa shape index (κ3) is 3.02. The molecule has 0 bridgehead atoms. The fourth-order valence-corrected chi connectivity index (χ4v) is 3.17. The molecule has 2 N–H and O–H groups in total. The van der Waals surface area contributed by atoms with E-state index in [1.807, 2.05) is 24.3 Å². The fraction of sp³-hybridized carbons (Fsp3) is 0.263. The Morgan fingerprint density at radius 1 is 1.00 bits per heavy atom. The van der Waals surface area contributed by atoms with Crippen molar-refractivity contribution >= 4 is 29.1 Å². The number of nitrogens with one attached hydrogen (secondary N) is 2. The summed E-state index contributed by atoms with van der Waals surface area (Å²) in [4.78, 5) is 24.4. The number of halogens is 1. The van der Waals surface area contributed by atoms with Gasteiger partial charge in [-0.1, -0.05) is 30.2 Å². The summed E-state index contributed by atoms with van der Waals surface area (Å²) >= 11 is 5.95. The molecule has 0 aliphatic heterocycles. The van der Waals surface area contributed by atoms with Gasteiger partial charge in [0.15, 0.2) is 0 Å². The average molecular weight is 343 g/mol. The minimum absolute atomic E-state index is 0.0104. The van der Waals surface area contributed by atoms with Crippen molar-refractivity contribution in [1.29, 1.82) is 0 Å². The second kappa shape index (κ2) is 6.65. The van der Waals surface area contributed by atoms with Crippen molar-refractivity contribution in [1.82, 2.24) is 5.32 Å². The molecule has 1 aliphatic carbocycles. The van der Waals surface area contributed by atoms with Gasteiger partial charge in [-0.25, -0.2) is 0 Å². The second-order valence-electron chi connectivity index (χ2n) is 6.05. The van der Waals surface area contributed by atoms with E-state index in [-0.39, 0.29) is 11.8 Å². The van der Waals surface area contributed by atoms with E-state index in [0.717, 1.165) is 24.8 Å². The van der Waals surface area contributed by atoms with Crippen LogP contribution < -0.4 is 10.6 Å². The van der Waals surface area contributed by atoms with E-state index in [0.29, 0.717) is 16.3 Å². The molecule has 5 heteroatoms. The molecule has 2 aromatic rings. The Hall–Kier alpha value is -2.33. The van der Waals surface area contributed by atoms with Crippen LogP contribution in [-0.4, -0.2) is 18.9 Å². The van der Waals surface area contributed by atoms with Gasteiger partial charge >= 0.3 is 0 Å². The zero-order valence-electron chi connectivity index (χ0n) is 13.4. The van der Waals surface area contributed by atoms with E-state index in [2.05, 4.69) is 10.6 Å². The predicted molar refractivity (Wildman–Crippen MR) is 95.4 cm³/mol. The lowest BCUT2D eigenvalue weighted by Crippen LogP contribution is -2.46. The van der Waals surface area contributed by atoms with Crippen LogP contribution in [0.4, 0.5) is 5.69 Å². The van der Waals surface area contributed by atoms with E-state index in [1.165, 1.54) is 0 Å². The zero-order valence-corrected chi connectivity index (χ0v) is 14.2. The maximum atomic E-state index is 12.9. The smallest absolute Gasteiger partial charge is 0.251 e. The van der Waals surface area contributed by atoms with Gasteiger partial charge in [0.2, 0.25) is 5.91 Å². The number of carbonyl (C=O) groups is 2. The van der Waals surface area contributed by atoms with Crippen LogP contribution in [0, 0.1) is 0 Å². The molecule has 0 aromatic heterocycles. The molecule has 0 radical (unpaired) electrons. The lowest BCUT2D eigenvalue weighted by molar-refractivity contribution is -0.124. The summed E-state index contributed by atoms with van der Waals surface area (Å²) in [7, 11) is 1.59. The van der Waals surface area contributed by atoms with E-state index in [4.69, 9.17) is 11.6 Å². The first-order chi connectivity index (χ1) is 11.5. The molecular weight excluding hydrogens is 324 g/mol. The summed E-state index contributed by atoms with van der Waals surface area (Å²) in [6.07, 6.45) is 2.69. The number of amides is 2. The summed E-state index contributed by atoms with van der Waals surface area (Å²) in [5, 5.41) is 6.22. The summed E-state index contributed by atoms with van der Waals surface area (Å²) in [6, 6.07) is 14.4. The average Bonchev–Trinajstić information content (AvgIpc) is 2.55. The van der Waals surface area contributed by atoms with E-state index >= 15 is 0 Å². The van der Waals surface area contributed by atoms with Gasteiger partial charge in [0.05, 0.1) is 5.41 Å². The third-order valence-corrected chi connectivity index (χ3v) is 4.92. The van der Waals surface area contributed by atoms with Gasteiger partial charge in [-0.15, -0.1) is 0 Å². The van der Waals surface area contributed by atoms with Crippen LogP contribution in [0.2, 0.25) is 5.02 Å². The quantitative estimate of drug-likeness (QED) is 0.888. The second-order valence-corrected chi connectivity index (χ2v) is 6.49. The molecule has 0 unspecified atom stereocenters. The van der Waals surface area contributed by atoms with Crippen molar-refractivity contribution in [2.45, 2.75) is 24.7 Å². The largest absolute Gasteiger partial charge is 0.355 e. The lowest BCUT2D eigenvalue weighted by atomic mass is 9.64. The Labute approximate surface area is 146 Å². The van der Waals surface area contributed by atoms with E-state index in [9.17, 15) is 9.59 Å². The SMILES string of the molecule is CNC(=O)c1ccc(NC(=O)C2(c3ccc(Cl)cc3)CCC2)cc1. The number of hydrogen-bond donors (Lipinski definition) is 2. The highest BCUT2D eigenvalue weighted by atomic mass is 35.5. The van der Waals surface area contributed by atoms with Crippen LogP contribution in [0.1, 0.15) is 35.2 Å². The van der Waals surface area contributed by atoms with Crippen molar-refractivity contribution in [3.8, 4) is 0 Å². The lowest BCUT2D eigenvalue weighted by Gasteiger charge is -2.40. The highest BCUT2D eigenvalue weighted by Gasteiger charge is 2.45. The Morgan fingerprint density at radius 2 is 1.62 bits per heavy atom. The molecule has 0 atom stereocenters. The Kier molecular flexibility index (Phi) is 4.58. The zero-order chi connectivity index (χ0) is 17.2. The molecule has 1 saturated carbocycles. The van der Waals surface area contributed by atoms with Gasteiger partial charge in [0.1, 0.15) is 0 Å². The van der Waals surface area contributed by atoms with Crippen LogP contribution in [0.15, 0.2) is 48.5 Å². The van der Waals surface area contributed by atoms with Crippen molar-refractivity contribution < 1.29 is 9.59 Å². The highest BCUT2D eigenvalue weighted by molar-refractivity contribution is 6.30. The molecule has 4 nitrogen and oxygen atoms in total. The minimum Gasteiger partial charge on any atom is -0.355 e. The van der Waals surface area contributed by atoms with Crippen molar-refractivity contribution in [2.75, 3.05) is 12.4 Å². The molecule has 3 rings (SSSR count). The molecular formula is C19H19ClN2O2. The topological polar surface area (TPSA) is 58.2 Å². The molecule has 124 valence electrons. The number of carbonyl (C=O) groups excluding carboxylic acids is 2. The van der Waals surface area contributed by atoms with E-state index < -0.39 is 5.41 Å². The van der Waals surface area contributed by atoms with Gasteiger partial charge in [0, 0.05) is 23.3 Å². The molecule has 2 aromatic carbocycles. The normalized spacial score (nSPS) is 15.2. The third-order valence-electron chi connectivity index (χ3n) is 4.67. The van der Waals surface area contributed by atoms with Gasteiger partial charge in [0.25, 0.3) is 5.91 Å². The first kappa shape index (κ1) is 16.5. The Morgan fingerprint density at radius 3 is 2.12 bits per heavy atom. The Balaban J connectivity index is 1.78. The van der Waals surface area contributed by atoms with Crippen LogP contribution in [0.5, 0.6) is 0 Å². The molecule has 0 saturated heterocycles. The van der Waals surface area contributed by atoms with Crippen molar-refractivity contribution in [2.24, 2.45) is 0 Å². The van der Waals surface area contributed by atoms with Gasteiger partial charge in [-0.3, -0.25) is 9.59 Å².